The van der Waals surface area contributed by atoms with Crippen molar-refractivity contribution in [1.29, 1.82) is 0 Å². The van der Waals surface area contributed by atoms with Crippen molar-refractivity contribution in [3.63, 3.8) is 0 Å². The maximum absolute atomic E-state index is 2.91. The highest BCUT2D eigenvalue weighted by Crippen LogP contribution is 2.35. The molecule has 1 rings (SSSR count). The van der Waals surface area contributed by atoms with Gasteiger partial charge in [0.1, 0.15) is 0 Å². The molecule has 0 nitrogen and oxygen atoms in total. The summed E-state index contributed by atoms with van der Waals surface area (Å²) in [6.45, 7) is 0. The molecule has 1 aliphatic rings. The van der Waals surface area contributed by atoms with Crippen LogP contribution in [0.5, 0.6) is 0 Å². The maximum atomic E-state index is 2.91. The third-order valence-electron chi connectivity index (χ3n) is 3.00. The van der Waals surface area contributed by atoms with E-state index in [1.54, 1.807) is 0 Å². The molecule has 3 unspecified atom stereocenters. The number of hydrogen-bond donors (Lipinski definition) is 0. The van der Waals surface area contributed by atoms with Crippen molar-refractivity contribution in [2.45, 2.75) is 19.3 Å². The smallest absolute Gasteiger partial charge is 0.0352 e. The summed E-state index contributed by atoms with van der Waals surface area (Å²) in [6, 6.07) is 0. The van der Waals surface area contributed by atoms with Crippen molar-refractivity contribution in [1.82, 2.24) is 0 Å². The molecule has 0 aromatic carbocycles. The van der Waals surface area contributed by atoms with Crippen molar-refractivity contribution in [2.75, 3.05) is 18.5 Å². The van der Waals surface area contributed by atoms with E-state index >= 15 is 0 Å². The van der Waals surface area contributed by atoms with Gasteiger partial charge in [-0.25, -0.2) is 0 Å². The Balaban J connectivity index is 2.41. The summed E-state index contributed by atoms with van der Waals surface area (Å²) in [5, 5.41) is 0. The minimum Gasteiger partial charge on any atom is -0.137 e. The second-order valence-electron chi connectivity index (χ2n) is 4.01. The number of rotatable bonds is 3. The summed E-state index contributed by atoms with van der Waals surface area (Å²) in [5.41, 5.74) is 0. The second kappa shape index (κ2) is 5.90. The summed E-state index contributed by atoms with van der Waals surface area (Å²) in [5.74, 6) is 2.96. The van der Waals surface area contributed by atoms with Gasteiger partial charge in [0, 0.05) is 0 Å². The monoisotopic (exact) mass is 222 g/mol. The molecule has 1 saturated carbocycles. The lowest BCUT2D eigenvalue weighted by Gasteiger charge is -2.33. The zero-order valence-corrected chi connectivity index (χ0v) is 11.2. The molecule has 1 fully saturated rings. The van der Waals surface area contributed by atoms with Crippen LogP contribution in [-0.2, 0) is 0 Å². The maximum Gasteiger partial charge on any atom is -0.0352 e. The fourth-order valence-corrected chi connectivity index (χ4v) is 3.43. The first kappa shape index (κ1) is 11.4. The molecule has 0 amide bonds. The van der Waals surface area contributed by atoms with Crippen molar-refractivity contribution in [3.05, 3.63) is 0 Å². The van der Waals surface area contributed by atoms with E-state index in [0.29, 0.717) is 0 Å². The SMILES string of the molecule is PCC1CC(CP)CC(CP)C1. The van der Waals surface area contributed by atoms with Gasteiger partial charge >= 0.3 is 0 Å². The Morgan fingerprint density at radius 1 is 0.667 bits per heavy atom. The topological polar surface area (TPSA) is 0 Å². The van der Waals surface area contributed by atoms with E-state index in [1.807, 2.05) is 0 Å². The standard InChI is InChI=1S/C9H21P3/c10-4-7-1-8(5-11)3-9(2-7)6-12/h7-9H,1-6,10-12H2. The van der Waals surface area contributed by atoms with Gasteiger partial charge in [-0.2, -0.15) is 0 Å². The number of hydrogen-bond acceptors (Lipinski definition) is 0. The zero-order chi connectivity index (χ0) is 8.97. The summed E-state index contributed by atoms with van der Waals surface area (Å²) in [4.78, 5) is 0. The molecule has 0 aliphatic heterocycles. The largest absolute Gasteiger partial charge is 0.137 e. The molecular formula is C9H21P3. The lowest BCUT2D eigenvalue weighted by Crippen LogP contribution is -2.25. The van der Waals surface area contributed by atoms with E-state index in [-0.39, 0.29) is 0 Å². The van der Waals surface area contributed by atoms with Crippen LogP contribution < -0.4 is 0 Å². The van der Waals surface area contributed by atoms with Gasteiger partial charge in [0.15, 0.2) is 0 Å². The van der Waals surface area contributed by atoms with Gasteiger partial charge in [-0.3, -0.25) is 0 Å². The van der Waals surface area contributed by atoms with Gasteiger partial charge < -0.3 is 0 Å². The van der Waals surface area contributed by atoms with Crippen LogP contribution in [0, 0.1) is 17.8 Å². The molecule has 3 atom stereocenters. The first-order valence-electron chi connectivity index (χ1n) is 4.90. The van der Waals surface area contributed by atoms with Crippen LogP contribution >= 0.6 is 27.7 Å². The van der Waals surface area contributed by atoms with E-state index < -0.39 is 0 Å². The summed E-state index contributed by atoms with van der Waals surface area (Å²) in [7, 11) is 8.72. The average molecular weight is 222 g/mol. The fourth-order valence-electron chi connectivity index (χ4n) is 2.28. The molecule has 12 heavy (non-hydrogen) atoms. The van der Waals surface area contributed by atoms with E-state index in [9.17, 15) is 0 Å². The van der Waals surface area contributed by atoms with Crippen molar-refractivity contribution in [2.24, 2.45) is 17.8 Å². The van der Waals surface area contributed by atoms with Gasteiger partial charge in [0.05, 0.1) is 0 Å². The second-order valence-corrected chi connectivity index (χ2v) is 5.43. The van der Waals surface area contributed by atoms with Crippen LogP contribution in [0.25, 0.3) is 0 Å². The molecule has 0 spiro atoms. The van der Waals surface area contributed by atoms with Crippen LogP contribution in [-0.4, -0.2) is 18.5 Å². The summed E-state index contributed by atoms with van der Waals surface area (Å²) < 4.78 is 0. The molecule has 0 heterocycles. The van der Waals surface area contributed by atoms with Crippen LogP contribution in [0.1, 0.15) is 19.3 Å². The molecule has 1 aliphatic carbocycles. The highest BCUT2D eigenvalue weighted by Gasteiger charge is 2.25. The van der Waals surface area contributed by atoms with Crippen molar-refractivity contribution >= 4 is 27.7 Å². The van der Waals surface area contributed by atoms with E-state index in [0.717, 1.165) is 17.8 Å². The van der Waals surface area contributed by atoms with E-state index in [2.05, 4.69) is 27.7 Å². The minimum absolute atomic E-state index is 0.986. The first-order chi connectivity index (χ1) is 5.80. The van der Waals surface area contributed by atoms with Crippen molar-refractivity contribution < 1.29 is 0 Å². The van der Waals surface area contributed by atoms with Crippen LogP contribution in [0.2, 0.25) is 0 Å². The van der Waals surface area contributed by atoms with Gasteiger partial charge in [-0.15, -0.1) is 27.7 Å². The Labute approximate surface area is 83.6 Å². The first-order valence-corrected chi connectivity index (χ1v) is 7.35. The van der Waals surface area contributed by atoms with Gasteiger partial charge in [0.2, 0.25) is 0 Å². The average Bonchev–Trinajstić information content (AvgIpc) is 2.16. The molecule has 0 saturated heterocycles. The summed E-state index contributed by atoms with van der Waals surface area (Å²) in [6.07, 6.45) is 8.32. The lowest BCUT2D eigenvalue weighted by atomic mass is 9.77. The molecule has 0 radical (unpaired) electrons. The van der Waals surface area contributed by atoms with Crippen LogP contribution in [0.4, 0.5) is 0 Å². The molecule has 3 heteroatoms. The van der Waals surface area contributed by atoms with Gasteiger partial charge in [-0.05, 0) is 55.5 Å². The highest BCUT2D eigenvalue weighted by atomic mass is 31.0. The normalized spacial score (nSPS) is 36.8. The third kappa shape index (κ3) is 3.21. The molecular weight excluding hydrogens is 201 g/mol. The predicted octanol–water partition coefficient (Wildman–Crippen LogP) is 2.64. The molecule has 0 bridgehead atoms. The van der Waals surface area contributed by atoms with Gasteiger partial charge in [-0.1, -0.05) is 0 Å². The molecule has 0 N–H and O–H groups in total. The Morgan fingerprint density at radius 2 is 0.917 bits per heavy atom. The molecule has 0 aromatic heterocycles. The van der Waals surface area contributed by atoms with Crippen molar-refractivity contribution in [3.8, 4) is 0 Å². The zero-order valence-electron chi connectivity index (χ0n) is 7.71. The molecule has 0 aromatic rings. The Kier molecular flexibility index (Phi) is 5.59. The third-order valence-corrected chi connectivity index (χ3v) is 5.00. The predicted molar refractivity (Wildman–Crippen MR) is 68.1 cm³/mol. The quantitative estimate of drug-likeness (QED) is 0.644. The molecule has 72 valence electrons. The van der Waals surface area contributed by atoms with Gasteiger partial charge in [0.25, 0.3) is 0 Å². The van der Waals surface area contributed by atoms with Crippen LogP contribution in [0.3, 0.4) is 0 Å². The minimum atomic E-state index is 0.986. The van der Waals surface area contributed by atoms with E-state index in [4.69, 9.17) is 0 Å². The van der Waals surface area contributed by atoms with Crippen LogP contribution in [0.15, 0.2) is 0 Å². The highest BCUT2D eigenvalue weighted by molar-refractivity contribution is 7.16. The summed E-state index contributed by atoms with van der Waals surface area (Å²) >= 11 is 0. The Morgan fingerprint density at radius 3 is 1.08 bits per heavy atom. The lowest BCUT2D eigenvalue weighted by molar-refractivity contribution is 0.243. The Hall–Kier alpha value is 1.29. The Bertz CT molecular complexity index is 97.2. The fraction of sp³-hybridized carbons (Fsp3) is 1.00. The van der Waals surface area contributed by atoms with E-state index in [1.165, 1.54) is 37.7 Å².